The Labute approximate surface area is 149 Å². The Morgan fingerprint density at radius 2 is 2.04 bits per heavy atom. The van der Waals surface area contributed by atoms with Gasteiger partial charge in [0, 0.05) is 6.20 Å². The van der Waals surface area contributed by atoms with Gasteiger partial charge in [0.2, 0.25) is 5.91 Å². The van der Waals surface area contributed by atoms with Crippen LogP contribution < -0.4 is 10.6 Å². The molecule has 0 aliphatic heterocycles. The molecule has 1 atom stereocenters. The summed E-state index contributed by atoms with van der Waals surface area (Å²) in [7, 11) is 0. The van der Waals surface area contributed by atoms with Crippen molar-refractivity contribution in [1.82, 2.24) is 25.2 Å². The normalized spacial score (nSPS) is 12.3. The molecule has 25 heavy (non-hydrogen) atoms. The lowest BCUT2D eigenvalue weighted by Crippen LogP contribution is -2.49. The van der Waals surface area contributed by atoms with E-state index in [9.17, 15) is 9.59 Å². The van der Waals surface area contributed by atoms with Crippen LogP contribution in [0.25, 0.3) is 5.65 Å². The summed E-state index contributed by atoms with van der Waals surface area (Å²) in [5.74, 6) is 0.111. The molecule has 7 nitrogen and oxygen atoms in total. The van der Waals surface area contributed by atoms with Crippen molar-refractivity contribution in [3.05, 3.63) is 52.6 Å². The summed E-state index contributed by atoms with van der Waals surface area (Å²) < 4.78 is 1.81. The van der Waals surface area contributed by atoms with Gasteiger partial charge in [0.25, 0.3) is 5.91 Å². The van der Waals surface area contributed by atoms with Crippen LogP contribution in [0, 0.1) is 5.92 Å². The standard InChI is InChI=1S/C17H19N5O2S/c1-11(2)15(19-16(23)12-6-5-9-25-12)17(24)18-10-14-21-20-13-7-3-4-8-22(13)14/h3-9,11,15H,10H2,1-2H3,(H,18,24)(H,19,23). The number of rotatable bonds is 6. The quantitative estimate of drug-likeness (QED) is 0.705. The third kappa shape index (κ3) is 3.85. The van der Waals surface area contributed by atoms with Gasteiger partial charge < -0.3 is 10.6 Å². The van der Waals surface area contributed by atoms with E-state index in [1.54, 1.807) is 12.1 Å². The molecule has 0 aliphatic rings. The highest BCUT2D eigenvalue weighted by molar-refractivity contribution is 7.12. The first kappa shape index (κ1) is 17.1. The van der Waals surface area contributed by atoms with E-state index in [4.69, 9.17) is 0 Å². The van der Waals surface area contributed by atoms with Crippen LogP contribution in [-0.4, -0.2) is 32.5 Å². The summed E-state index contributed by atoms with van der Waals surface area (Å²) in [5.41, 5.74) is 0.721. The molecule has 0 aliphatic carbocycles. The fourth-order valence-electron chi connectivity index (χ4n) is 2.44. The molecular weight excluding hydrogens is 338 g/mol. The molecule has 3 heterocycles. The Bertz CT molecular complexity index is 872. The molecule has 0 radical (unpaired) electrons. The fourth-order valence-corrected chi connectivity index (χ4v) is 3.07. The summed E-state index contributed by atoms with van der Waals surface area (Å²) in [4.78, 5) is 25.4. The summed E-state index contributed by atoms with van der Waals surface area (Å²) >= 11 is 1.34. The second-order valence-electron chi connectivity index (χ2n) is 5.94. The topological polar surface area (TPSA) is 88.4 Å². The molecule has 3 aromatic rings. The number of hydrogen-bond donors (Lipinski definition) is 2. The first-order chi connectivity index (χ1) is 12.1. The molecule has 0 saturated heterocycles. The number of pyridine rings is 1. The molecule has 0 fully saturated rings. The van der Waals surface area contributed by atoms with Crippen LogP contribution >= 0.6 is 11.3 Å². The monoisotopic (exact) mass is 357 g/mol. The van der Waals surface area contributed by atoms with E-state index in [0.717, 1.165) is 5.65 Å². The van der Waals surface area contributed by atoms with Crippen LogP contribution in [0.5, 0.6) is 0 Å². The second-order valence-corrected chi connectivity index (χ2v) is 6.88. The highest BCUT2D eigenvalue weighted by Gasteiger charge is 2.25. The van der Waals surface area contributed by atoms with Gasteiger partial charge >= 0.3 is 0 Å². The van der Waals surface area contributed by atoms with Gasteiger partial charge in [0.1, 0.15) is 6.04 Å². The second kappa shape index (κ2) is 7.43. The smallest absolute Gasteiger partial charge is 0.262 e. The molecule has 3 rings (SSSR count). The number of amides is 2. The predicted molar refractivity (Wildman–Crippen MR) is 95.2 cm³/mol. The molecule has 2 N–H and O–H groups in total. The molecule has 0 bridgehead atoms. The Balaban J connectivity index is 1.66. The number of fused-ring (bicyclic) bond motifs is 1. The fraction of sp³-hybridized carbons (Fsp3) is 0.294. The van der Waals surface area contributed by atoms with Gasteiger partial charge in [0.15, 0.2) is 11.5 Å². The van der Waals surface area contributed by atoms with Crippen molar-refractivity contribution < 1.29 is 9.59 Å². The summed E-state index contributed by atoms with van der Waals surface area (Å²) in [5, 5.41) is 15.6. The van der Waals surface area contributed by atoms with Crippen molar-refractivity contribution in [2.24, 2.45) is 5.92 Å². The van der Waals surface area contributed by atoms with Crippen molar-refractivity contribution >= 4 is 28.8 Å². The molecule has 2 amide bonds. The maximum Gasteiger partial charge on any atom is 0.262 e. The largest absolute Gasteiger partial charge is 0.347 e. The Kier molecular flexibility index (Phi) is 5.08. The average molecular weight is 357 g/mol. The van der Waals surface area contributed by atoms with E-state index in [1.807, 2.05) is 48.0 Å². The molecule has 0 aromatic carbocycles. The SMILES string of the molecule is CC(C)C(NC(=O)c1cccs1)C(=O)NCc1nnc2ccccn12. The number of nitrogens with zero attached hydrogens (tertiary/aromatic N) is 3. The lowest BCUT2D eigenvalue weighted by molar-refractivity contribution is -0.124. The molecular formula is C17H19N5O2S. The number of thiophene rings is 1. The summed E-state index contributed by atoms with van der Waals surface area (Å²) in [6, 6.07) is 8.52. The van der Waals surface area contributed by atoms with Crippen molar-refractivity contribution in [3.8, 4) is 0 Å². The minimum Gasteiger partial charge on any atom is -0.347 e. The van der Waals surface area contributed by atoms with E-state index >= 15 is 0 Å². The molecule has 1 unspecified atom stereocenters. The first-order valence-electron chi connectivity index (χ1n) is 7.97. The van der Waals surface area contributed by atoms with Gasteiger partial charge in [-0.15, -0.1) is 21.5 Å². The van der Waals surface area contributed by atoms with Crippen molar-refractivity contribution in [1.29, 1.82) is 0 Å². The number of carbonyl (C=O) groups is 2. The van der Waals surface area contributed by atoms with Gasteiger partial charge in [-0.05, 0) is 29.5 Å². The van der Waals surface area contributed by atoms with Gasteiger partial charge in [-0.1, -0.05) is 26.0 Å². The van der Waals surface area contributed by atoms with Crippen LogP contribution in [0.2, 0.25) is 0 Å². The van der Waals surface area contributed by atoms with Crippen LogP contribution in [0.3, 0.4) is 0 Å². The molecule has 130 valence electrons. The third-order valence-corrected chi connectivity index (χ3v) is 4.65. The zero-order valence-electron chi connectivity index (χ0n) is 14.0. The van der Waals surface area contributed by atoms with Crippen molar-refractivity contribution in [2.75, 3.05) is 0 Å². The zero-order valence-corrected chi connectivity index (χ0v) is 14.8. The Hall–Kier alpha value is -2.74. The number of carbonyl (C=O) groups excluding carboxylic acids is 2. The Morgan fingerprint density at radius 1 is 1.20 bits per heavy atom. The van der Waals surface area contributed by atoms with Gasteiger partial charge in [-0.25, -0.2) is 0 Å². The van der Waals surface area contributed by atoms with Crippen LogP contribution in [0.15, 0.2) is 41.9 Å². The maximum absolute atomic E-state index is 12.5. The Morgan fingerprint density at radius 3 is 2.76 bits per heavy atom. The van der Waals surface area contributed by atoms with Crippen molar-refractivity contribution in [2.45, 2.75) is 26.4 Å². The van der Waals surface area contributed by atoms with E-state index in [2.05, 4.69) is 20.8 Å². The minimum absolute atomic E-state index is 0.0425. The zero-order chi connectivity index (χ0) is 17.8. The minimum atomic E-state index is -0.617. The van der Waals surface area contributed by atoms with E-state index in [1.165, 1.54) is 11.3 Å². The van der Waals surface area contributed by atoms with Crippen LogP contribution in [0.4, 0.5) is 0 Å². The highest BCUT2D eigenvalue weighted by Crippen LogP contribution is 2.10. The predicted octanol–water partition coefficient (Wildman–Crippen LogP) is 1.86. The third-order valence-electron chi connectivity index (χ3n) is 3.79. The van der Waals surface area contributed by atoms with Crippen molar-refractivity contribution in [3.63, 3.8) is 0 Å². The molecule has 0 spiro atoms. The lowest BCUT2D eigenvalue weighted by Gasteiger charge is -2.21. The number of aromatic nitrogens is 3. The van der Waals surface area contributed by atoms with Crippen LogP contribution in [0.1, 0.15) is 29.3 Å². The molecule has 0 saturated carbocycles. The van der Waals surface area contributed by atoms with Crippen LogP contribution in [-0.2, 0) is 11.3 Å². The summed E-state index contributed by atoms with van der Waals surface area (Å²) in [6.07, 6.45) is 1.84. The van der Waals surface area contributed by atoms with E-state index in [-0.39, 0.29) is 24.3 Å². The maximum atomic E-state index is 12.5. The van der Waals surface area contributed by atoms with Gasteiger partial charge in [-0.3, -0.25) is 14.0 Å². The number of hydrogen-bond acceptors (Lipinski definition) is 5. The van der Waals surface area contributed by atoms with Gasteiger partial charge in [0.05, 0.1) is 11.4 Å². The number of nitrogens with one attached hydrogen (secondary N) is 2. The van der Waals surface area contributed by atoms with E-state index < -0.39 is 6.04 Å². The molecule has 8 heteroatoms. The molecule has 3 aromatic heterocycles. The lowest BCUT2D eigenvalue weighted by atomic mass is 10.0. The summed E-state index contributed by atoms with van der Waals surface area (Å²) in [6.45, 7) is 4.03. The first-order valence-corrected chi connectivity index (χ1v) is 8.85. The van der Waals surface area contributed by atoms with Gasteiger partial charge in [-0.2, -0.15) is 0 Å². The highest BCUT2D eigenvalue weighted by atomic mass is 32.1. The average Bonchev–Trinajstić information content (AvgIpc) is 3.27. The van der Waals surface area contributed by atoms with E-state index in [0.29, 0.717) is 10.7 Å².